The number of carbonyl (C=O) groups is 2. The van der Waals surface area contributed by atoms with Gasteiger partial charge in [0.25, 0.3) is 0 Å². The van der Waals surface area contributed by atoms with E-state index in [0.29, 0.717) is 37.1 Å². The van der Waals surface area contributed by atoms with Gasteiger partial charge in [-0.15, -0.1) is 11.3 Å². The molecule has 2 aromatic carbocycles. The molecule has 0 fully saturated rings. The van der Waals surface area contributed by atoms with E-state index in [0.717, 1.165) is 28.3 Å². The molecule has 0 aliphatic carbocycles. The quantitative estimate of drug-likeness (QED) is 0.599. The highest BCUT2D eigenvalue weighted by Gasteiger charge is 2.22. The van der Waals surface area contributed by atoms with Gasteiger partial charge in [0.05, 0.1) is 18.0 Å². The number of ether oxygens (including phenoxy) is 2. The highest BCUT2D eigenvalue weighted by atomic mass is 32.1. The summed E-state index contributed by atoms with van der Waals surface area (Å²) in [5, 5.41) is 11.0. The number of hydrogen-bond donors (Lipinski definition) is 1. The fourth-order valence-corrected chi connectivity index (χ4v) is 4.40. The molecule has 8 nitrogen and oxygen atoms in total. The minimum Gasteiger partial charge on any atom is -0.486 e. The fraction of sp³-hybridized carbons (Fsp3) is 0.250. The van der Waals surface area contributed by atoms with Crippen LogP contribution in [0.1, 0.15) is 24.8 Å². The average molecular weight is 463 g/mol. The molecule has 1 aromatic heterocycles. The summed E-state index contributed by atoms with van der Waals surface area (Å²) < 4.78 is 11.2. The molecule has 2 aliphatic rings. The van der Waals surface area contributed by atoms with Gasteiger partial charge in [0.2, 0.25) is 11.8 Å². The highest BCUT2D eigenvalue weighted by molar-refractivity contribution is 7.14. The molecule has 0 bridgehead atoms. The van der Waals surface area contributed by atoms with Crippen molar-refractivity contribution in [3.8, 4) is 22.8 Å². The third-order valence-corrected chi connectivity index (χ3v) is 6.11. The summed E-state index contributed by atoms with van der Waals surface area (Å²) in [6, 6.07) is 15.5. The number of hydrazone groups is 1. The number of anilines is 1. The van der Waals surface area contributed by atoms with Crippen LogP contribution in [0, 0.1) is 0 Å². The van der Waals surface area contributed by atoms with Crippen molar-refractivity contribution in [2.24, 2.45) is 5.10 Å². The predicted molar refractivity (Wildman–Crippen MR) is 126 cm³/mol. The van der Waals surface area contributed by atoms with Gasteiger partial charge in [0.1, 0.15) is 13.2 Å². The van der Waals surface area contributed by atoms with Gasteiger partial charge in [0, 0.05) is 30.2 Å². The normalized spacial score (nSPS) is 14.7. The van der Waals surface area contributed by atoms with E-state index in [1.54, 1.807) is 0 Å². The van der Waals surface area contributed by atoms with E-state index < -0.39 is 0 Å². The summed E-state index contributed by atoms with van der Waals surface area (Å²) in [6.07, 6.45) is 0.881. The molecule has 0 atom stereocenters. The molecule has 3 aromatic rings. The minimum atomic E-state index is -0.252. The topological polar surface area (TPSA) is 93.1 Å². The van der Waals surface area contributed by atoms with Crippen LogP contribution in [0.2, 0.25) is 0 Å². The van der Waals surface area contributed by atoms with Crippen molar-refractivity contribution >= 4 is 34.0 Å². The zero-order valence-electron chi connectivity index (χ0n) is 17.8. The van der Waals surface area contributed by atoms with Crippen molar-refractivity contribution in [2.45, 2.75) is 19.3 Å². The first-order valence-electron chi connectivity index (χ1n) is 10.7. The summed E-state index contributed by atoms with van der Waals surface area (Å²) >= 11 is 1.34. The van der Waals surface area contributed by atoms with Crippen LogP contribution in [0.3, 0.4) is 0 Å². The third-order valence-electron chi connectivity index (χ3n) is 5.35. The Hall–Kier alpha value is -3.72. The van der Waals surface area contributed by atoms with E-state index in [2.05, 4.69) is 15.4 Å². The summed E-state index contributed by atoms with van der Waals surface area (Å²) in [4.78, 5) is 29.3. The first-order chi connectivity index (χ1) is 16.2. The zero-order chi connectivity index (χ0) is 22.6. The number of hydrogen-bond acceptors (Lipinski definition) is 7. The number of benzene rings is 2. The van der Waals surface area contributed by atoms with Gasteiger partial charge in [-0.1, -0.05) is 30.3 Å². The van der Waals surface area contributed by atoms with Crippen LogP contribution in [-0.4, -0.2) is 47.3 Å². The van der Waals surface area contributed by atoms with E-state index >= 15 is 0 Å². The lowest BCUT2D eigenvalue weighted by Gasteiger charge is -2.18. The van der Waals surface area contributed by atoms with E-state index in [1.807, 2.05) is 53.9 Å². The molecule has 0 saturated heterocycles. The molecule has 0 saturated carbocycles. The van der Waals surface area contributed by atoms with Crippen molar-refractivity contribution in [3.63, 3.8) is 0 Å². The molecule has 0 unspecified atom stereocenters. The lowest BCUT2D eigenvalue weighted by molar-refractivity contribution is -0.132. The standard InChI is InChI=1S/C24H22N4O4S/c29-22(8-9-23(30)28-11-10-18(27-28)16-4-2-1-3-5-16)26-24-25-19(15-33-24)17-6-7-20-21(14-17)32-13-12-31-20/h1-7,14-15H,8-13H2,(H,25,26,29). The fourth-order valence-electron chi connectivity index (χ4n) is 3.67. The Morgan fingerprint density at radius 3 is 2.67 bits per heavy atom. The Morgan fingerprint density at radius 1 is 1.00 bits per heavy atom. The molecule has 0 radical (unpaired) electrons. The Bertz CT molecular complexity index is 1210. The van der Waals surface area contributed by atoms with Crippen molar-refractivity contribution < 1.29 is 19.1 Å². The Balaban J connectivity index is 1.14. The second kappa shape index (κ2) is 9.41. The maximum Gasteiger partial charge on any atom is 0.243 e. The smallest absolute Gasteiger partial charge is 0.243 e. The molecular formula is C24H22N4O4S. The number of thiazole rings is 1. The molecule has 33 heavy (non-hydrogen) atoms. The SMILES string of the molecule is O=C(CCC(=O)N1CCC(c2ccccc2)=N1)Nc1nc(-c2ccc3c(c2)OCCO3)cs1. The van der Waals surface area contributed by atoms with Crippen LogP contribution < -0.4 is 14.8 Å². The van der Waals surface area contributed by atoms with Crippen LogP contribution in [0.25, 0.3) is 11.3 Å². The van der Waals surface area contributed by atoms with Crippen LogP contribution in [0.5, 0.6) is 11.5 Å². The van der Waals surface area contributed by atoms with Gasteiger partial charge in [-0.3, -0.25) is 9.59 Å². The molecular weight excluding hydrogens is 440 g/mol. The van der Waals surface area contributed by atoms with E-state index in [-0.39, 0.29) is 24.7 Å². The highest BCUT2D eigenvalue weighted by Crippen LogP contribution is 2.35. The van der Waals surface area contributed by atoms with E-state index in [9.17, 15) is 9.59 Å². The first-order valence-corrected chi connectivity index (χ1v) is 11.6. The number of rotatable bonds is 6. The minimum absolute atomic E-state index is 0.0739. The molecule has 0 spiro atoms. The van der Waals surface area contributed by atoms with Gasteiger partial charge in [-0.25, -0.2) is 9.99 Å². The van der Waals surface area contributed by atoms with Crippen molar-refractivity contribution in [2.75, 3.05) is 25.1 Å². The Morgan fingerprint density at radius 2 is 1.82 bits per heavy atom. The molecule has 2 aliphatic heterocycles. The maximum atomic E-state index is 12.5. The average Bonchev–Trinajstić information content (AvgIpc) is 3.53. The molecule has 168 valence electrons. The summed E-state index contributed by atoms with van der Waals surface area (Å²) in [5.74, 6) is 0.998. The molecule has 1 N–H and O–H groups in total. The van der Waals surface area contributed by atoms with Gasteiger partial charge < -0.3 is 14.8 Å². The zero-order valence-corrected chi connectivity index (χ0v) is 18.6. The third kappa shape index (κ3) is 4.88. The Labute approximate surface area is 194 Å². The number of nitrogens with zero attached hydrogens (tertiary/aromatic N) is 3. The second-order valence-electron chi connectivity index (χ2n) is 7.62. The number of carbonyl (C=O) groups excluding carboxylic acids is 2. The number of nitrogens with one attached hydrogen (secondary N) is 1. The lowest BCUT2D eigenvalue weighted by Crippen LogP contribution is -2.24. The first kappa shape index (κ1) is 21.1. The van der Waals surface area contributed by atoms with Crippen LogP contribution in [0.4, 0.5) is 5.13 Å². The van der Waals surface area contributed by atoms with Crippen LogP contribution in [-0.2, 0) is 9.59 Å². The largest absolute Gasteiger partial charge is 0.486 e. The van der Waals surface area contributed by atoms with Gasteiger partial charge in [0.15, 0.2) is 16.6 Å². The van der Waals surface area contributed by atoms with Gasteiger partial charge in [-0.2, -0.15) is 5.10 Å². The van der Waals surface area contributed by atoms with Gasteiger partial charge in [-0.05, 0) is 23.8 Å². The van der Waals surface area contributed by atoms with Crippen LogP contribution >= 0.6 is 11.3 Å². The molecule has 3 heterocycles. The van der Waals surface area contributed by atoms with E-state index in [1.165, 1.54) is 16.3 Å². The number of fused-ring (bicyclic) bond motifs is 1. The van der Waals surface area contributed by atoms with Crippen LogP contribution in [0.15, 0.2) is 59.0 Å². The summed E-state index contributed by atoms with van der Waals surface area (Å²) in [6.45, 7) is 1.60. The molecule has 9 heteroatoms. The molecule has 2 amide bonds. The van der Waals surface area contributed by atoms with Gasteiger partial charge >= 0.3 is 0 Å². The molecule has 5 rings (SSSR count). The lowest BCUT2D eigenvalue weighted by atomic mass is 10.1. The van der Waals surface area contributed by atoms with Crippen molar-refractivity contribution in [1.29, 1.82) is 0 Å². The monoisotopic (exact) mass is 462 g/mol. The second-order valence-corrected chi connectivity index (χ2v) is 8.48. The summed E-state index contributed by atoms with van der Waals surface area (Å²) in [5.41, 5.74) is 3.53. The summed E-state index contributed by atoms with van der Waals surface area (Å²) in [7, 11) is 0. The van der Waals surface area contributed by atoms with Crippen molar-refractivity contribution in [3.05, 3.63) is 59.5 Å². The van der Waals surface area contributed by atoms with E-state index in [4.69, 9.17) is 9.47 Å². The maximum absolute atomic E-state index is 12.5. The number of amides is 2. The van der Waals surface area contributed by atoms with Crippen molar-refractivity contribution in [1.82, 2.24) is 9.99 Å². The predicted octanol–water partition coefficient (Wildman–Crippen LogP) is 3.94. The number of aromatic nitrogens is 1. The Kier molecular flexibility index (Phi) is 6.03.